The van der Waals surface area contributed by atoms with Crippen LogP contribution >= 0.6 is 15.9 Å². The first-order valence-corrected chi connectivity index (χ1v) is 8.49. The van der Waals surface area contributed by atoms with Gasteiger partial charge < -0.3 is 10.6 Å². The van der Waals surface area contributed by atoms with Crippen molar-refractivity contribution in [2.24, 2.45) is 11.1 Å². The van der Waals surface area contributed by atoms with Gasteiger partial charge in [-0.15, -0.1) is 0 Å². The molecule has 1 aromatic carbocycles. The van der Waals surface area contributed by atoms with Crippen LogP contribution in [0.3, 0.4) is 0 Å². The predicted molar refractivity (Wildman–Crippen MR) is 91.3 cm³/mol. The number of hydrogen-bond donors (Lipinski definition) is 1. The van der Waals surface area contributed by atoms with E-state index in [2.05, 4.69) is 59.8 Å². The normalized spacial score (nSPS) is 19.9. The van der Waals surface area contributed by atoms with E-state index in [0.29, 0.717) is 5.41 Å². The Balaban J connectivity index is 2.06. The fraction of sp³-hybridized carbons (Fsp3) is 0.647. The summed E-state index contributed by atoms with van der Waals surface area (Å²) in [7, 11) is 0. The van der Waals surface area contributed by atoms with Crippen molar-refractivity contribution >= 4 is 21.6 Å². The van der Waals surface area contributed by atoms with Crippen LogP contribution in [0.5, 0.6) is 0 Å². The number of halogens is 1. The Hall–Kier alpha value is -0.540. The molecule has 0 spiro atoms. The van der Waals surface area contributed by atoms with Crippen LogP contribution in [0.25, 0.3) is 0 Å². The molecule has 1 aromatic rings. The minimum Gasteiger partial charge on any atom is -0.371 e. The van der Waals surface area contributed by atoms with E-state index in [1.807, 2.05) is 0 Å². The molecule has 112 valence electrons. The van der Waals surface area contributed by atoms with E-state index in [1.165, 1.54) is 28.6 Å². The molecule has 2 rings (SSSR count). The lowest BCUT2D eigenvalue weighted by Crippen LogP contribution is -2.37. The molecule has 1 unspecified atom stereocenters. The molecule has 1 aliphatic heterocycles. The molecule has 0 radical (unpaired) electrons. The Kier molecular flexibility index (Phi) is 5.14. The van der Waals surface area contributed by atoms with Crippen molar-refractivity contribution < 1.29 is 0 Å². The van der Waals surface area contributed by atoms with Crippen LogP contribution in [0.4, 0.5) is 5.69 Å². The van der Waals surface area contributed by atoms with Crippen molar-refractivity contribution in [3.05, 3.63) is 28.2 Å². The van der Waals surface area contributed by atoms with Gasteiger partial charge in [0.15, 0.2) is 0 Å². The molecule has 2 nitrogen and oxygen atoms in total. The second-order valence-electron chi connectivity index (χ2n) is 6.81. The average Bonchev–Trinajstić information content (AvgIpc) is 2.39. The van der Waals surface area contributed by atoms with Gasteiger partial charge in [0, 0.05) is 23.6 Å². The smallest absolute Gasteiger partial charge is 0.0510 e. The second-order valence-corrected chi connectivity index (χ2v) is 7.66. The highest BCUT2D eigenvalue weighted by Gasteiger charge is 2.26. The molecule has 0 aromatic heterocycles. The molecule has 1 fully saturated rings. The number of anilines is 1. The van der Waals surface area contributed by atoms with Crippen LogP contribution in [0.15, 0.2) is 22.7 Å². The largest absolute Gasteiger partial charge is 0.371 e. The molecule has 0 amide bonds. The zero-order valence-electron chi connectivity index (χ0n) is 13.0. The monoisotopic (exact) mass is 338 g/mol. The van der Waals surface area contributed by atoms with Gasteiger partial charge in [-0.05, 0) is 64.7 Å². The molecule has 20 heavy (non-hydrogen) atoms. The van der Waals surface area contributed by atoms with Gasteiger partial charge in [-0.25, -0.2) is 0 Å². The molecule has 0 saturated carbocycles. The minimum absolute atomic E-state index is 0.267. The van der Waals surface area contributed by atoms with E-state index >= 15 is 0 Å². The lowest BCUT2D eigenvalue weighted by molar-refractivity contribution is 0.279. The molecule has 2 N–H and O–H groups in total. The van der Waals surface area contributed by atoms with Crippen LogP contribution in [-0.2, 0) is 6.42 Å². The maximum Gasteiger partial charge on any atom is 0.0510 e. The summed E-state index contributed by atoms with van der Waals surface area (Å²) in [6.45, 7) is 9.19. The Labute approximate surface area is 131 Å². The van der Waals surface area contributed by atoms with Gasteiger partial charge in [-0.3, -0.25) is 0 Å². The molecule has 1 heterocycles. The zero-order chi connectivity index (χ0) is 14.8. The van der Waals surface area contributed by atoms with Gasteiger partial charge in [0.05, 0.1) is 5.69 Å². The Bertz CT molecular complexity index is 446. The second kappa shape index (κ2) is 6.48. The molecular weight excluding hydrogens is 312 g/mol. The first-order valence-electron chi connectivity index (χ1n) is 7.70. The van der Waals surface area contributed by atoms with Crippen molar-refractivity contribution in [1.82, 2.24) is 0 Å². The third-order valence-corrected chi connectivity index (χ3v) is 5.13. The number of piperidine rings is 1. The van der Waals surface area contributed by atoms with Gasteiger partial charge in [-0.1, -0.05) is 26.8 Å². The van der Waals surface area contributed by atoms with E-state index in [9.17, 15) is 0 Å². The SMILES string of the molecule is CCC(N)Cc1ccc(N2CCC(C)(C)CC2)c(Br)c1. The zero-order valence-corrected chi connectivity index (χ0v) is 14.5. The molecule has 0 aliphatic carbocycles. The van der Waals surface area contributed by atoms with Crippen molar-refractivity contribution in [3.63, 3.8) is 0 Å². The Morgan fingerprint density at radius 2 is 1.95 bits per heavy atom. The highest BCUT2D eigenvalue weighted by atomic mass is 79.9. The summed E-state index contributed by atoms with van der Waals surface area (Å²) in [6.07, 6.45) is 4.52. The first-order chi connectivity index (χ1) is 9.41. The fourth-order valence-electron chi connectivity index (χ4n) is 2.73. The van der Waals surface area contributed by atoms with Crippen LogP contribution in [0, 0.1) is 5.41 Å². The van der Waals surface area contributed by atoms with Crippen molar-refractivity contribution in [1.29, 1.82) is 0 Å². The summed E-state index contributed by atoms with van der Waals surface area (Å²) >= 11 is 3.74. The van der Waals surface area contributed by atoms with Crippen LogP contribution in [0.1, 0.15) is 45.6 Å². The highest BCUT2D eigenvalue weighted by molar-refractivity contribution is 9.10. The van der Waals surface area contributed by atoms with E-state index in [4.69, 9.17) is 5.73 Å². The number of nitrogens with two attached hydrogens (primary N) is 1. The van der Waals surface area contributed by atoms with Crippen LogP contribution in [0.2, 0.25) is 0 Å². The van der Waals surface area contributed by atoms with E-state index in [1.54, 1.807) is 0 Å². The van der Waals surface area contributed by atoms with Gasteiger partial charge in [-0.2, -0.15) is 0 Å². The van der Waals surface area contributed by atoms with E-state index in [-0.39, 0.29) is 6.04 Å². The number of rotatable bonds is 4. The van der Waals surface area contributed by atoms with Gasteiger partial charge in [0.1, 0.15) is 0 Å². The average molecular weight is 339 g/mol. The molecule has 1 aliphatic rings. The first kappa shape index (κ1) is 15.8. The van der Waals surface area contributed by atoms with Crippen molar-refractivity contribution in [3.8, 4) is 0 Å². The lowest BCUT2D eigenvalue weighted by atomic mass is 9.82. The Morgan fingerprint density at radius 1 is 1.30 bits per heavy atom. The summed E-state index contributed by atoms with van der Waals surface area (Å²) in [5.74, 6) is 0. The number of benzene rings is 1. The summed E-state index contributed by atoms with van der Waals surface area (Å²) in [4.78, 5) is 2.50. The standard InChI is InChI=1S/C17H27BrN2/c1-4-14(19)11-13-5-6-16(15(18)12-13)20-9-7-17(2,3)8-10-20/h5-6,12,14H,4,7-11,19H2,1-3H3. The summed E-state index contributed by atoms with van der Waals surface area (Å²) in [6, 6.07) is 6.99. The van der Waals surface area contributed by atoms with Crippen LogP contribution < -0.4 is 10.6 Å². The third-order valence-electron chi connectivity index (χ3n) is 4.49. The molecule has 1 saturated heterocycles. The number of hydrogen-bond acceptors (Lipinski definition) is 2. The maximum atomic E-state index is 6.04. The molecule has 1 atom stereocenters. The van der Waals surface area contributed by atoms with Gasteiger partial charge in [0.25, 0.3) is 0 Å². The molecule has 3 heteroatoms. The maximum absolute atomic E-state index is 6.04. The van der Waals surface area contributed by atoms with Gasteiger partial charge >= 0.3 is 0 Å². The van der Waals surface area contributed by atoms with Crippen LogP contribution in [-0.4, -0.2) is 19.1 Å². The minimum atomic E-state index is 0.267. The summed E-state index contributed by atoms with van der Waals surface area (Å²) < 4.78 is 1.21. The molecular formula is C17H27BrN2. The van der Waals surface area contributed by atoms with Crippen molar-refractivity contribution in [2.75, 3.05) is 18.0 Å². The fourth-order valence-corrected chi connectivity index (χ4v) is 3.41. The van der Waals surface area contributed by atoms with E-state index < -0.39 is 0 Å². The van der Waals surface area contributed by atoms with Crippen molar-refractivity contribution in [2.45, 2.75) is 52.5 Å². The highest BCUT2D eigenvalue weighted by Crippen LogP contribution is 2.35. The topological polar surface area (TPSA) is 29.3 Å². The Morgan fingerprint density at radius 3 is 2.50 bits per heavy atom. The van der Waals surface area contributed by atoms with E-state index in [0.717, 1.165) is 25.9 Å². The summed E-state index contributed by atoms with van der Waals surface area (Å²) in [5, 5.41) is 0. The third kappa shape index (κ3) is 3.98. The predicted octanol–water partition coefficient (Wildman–Crippen LogP) is 4.36. The summed E-state index contributed by atoms with van der Waals surface area (Å²) in [5.41, 5.74) is 9.19. The molecule has 0 bridgehead atoms. The van der Waals surface area contributed by atoms with Gasteiger partial charge in [0.2, 0.25) is 0 Å². The quantitative estimate of drug-likeness (QED) is 0.883. The lowest BCUT2D eigenvalue weighted by Gasteiger charge is -2.38. The number of nitrogens with zero attached hydrogens (tertiary/aromatic N) is 1.